The van der Waals surface area contributed by atoms with Crippen LogP contribution < -0.4 is 16.0 Å². The van der Waals surface area contributed by atoms with Crippen molar-refractivity contribution in [1.82, 2.24) is 16.0 Å². The van der Waals surface area contributed by atoms with Crippen molar-refractivity contribution in [2.24, 2.45) is 0 Å². The van der Waals surface area contributed by atoms with Crippen molar-refractivity contribution in [3.05, 3.63) is 0 Å². The summed E-state index contributed by atoms with van der Waals surface area (Å²) in [7, 11) is 1.62. The molecule has 76 valence electrons. The molecule has 0 bridgehead atoms. The molecule has 0 unspecified atom stereocenters. The highest BCUT2D eigenvalue weighted by Crippen LogP contribution is 1.86. The van der Waals surface area contributed by atoms with Gasteiger partial charge in [0.15, 0.2) is 0 Å². The van der Waals surface area contributed by atoms with Gasteiger partial charge in [-0.25, -0.2) is 0 Å². The third-order valence-corrected chi connectivity index (χ3v) is 1.96. The van der Waals surface area contributed by atoms with E-state index in [0.29, 0.717) is 19.7 Å². The van der Waals surface area contributed by atoms with E-state index in [-0.39, 0.29) is 11.9 Å². The number of methoxy groups -OCH3 is 1. The summed E-state index contributed by atoms with van der Waals surface area (Å²) < 4.78 is 4.83. The summed E-state index contributed by atoms with van der Waals surface area (Å²) >= 11 is 0. The zero-order valence-corrected chi connectivity index (χ0v) is 7.93. The first-order chi connectivity index (χ1) is 6.34. The van der Waals surface area contributed by atoms with Crippen LogP contribution in [0.5, 0.6) is 0 Å². The third kappa shape index (κ3) is 3.71. The lowest BCUT2D eigenvalue weighted by molar-refractivity contribution is -0.123. The predicted octanol–water partition coefficient (Wildman–Crippen LogP) is -1.69. The number of rotatable bonds is 4. The molecule has 0 aliphatic carbocycles. The molecule has 3 N–H and O–H groups in total. The number of carbonyl (C=O) groups is 1. The number of amides is 1. The van der Waals surface area contributed by atoms with E-state index in [1.165, 1.54) is 0 Å². The molecule has 0 aromatic rings. The Kier molecular flexibility index (Phi) is 4.74. The standard InChI is InChI=1S/C8H17N3O2/c1-13-5-4-11-8(12)7-6-9-2-3-10-7/h7,9-10H,2-6H2,1H3,(H,11,12)/t7-/m1/s1. The van der Waals surface area contributed by atoms with Crippen LogP contribution in [0.2, 0.25) is 0 Å². The summed E-state index contributed by atoms with van der Waals surface area (Å²) in [6, 6.07) is -0.0920. The Morgan fingerprint density at radius 2 is 2.46 bits per heavy atom. The summed E-state index contributed by atoms with van der Waals surface area (Å²) in [6.07, 6.45) is 0. The highest BCUT2D eigenvalue weighted by atomic mass is 16.5. The topological polar surface area (TPSA) is 62.4 Å². The maximum Gasteiger partial charge on any atom is 0.238 e. The summed E-state index contributed by atoms with van der Waals surface area (Å²) in [6.45, 7) is 3.63. The monoisotopic (exact) mass is 187 g/mol. The van der Waals surface area contributed by atoms with Crippen LogP contribution in [-0.4, -0.2) is 51.8 Å². The highest BCUT2D eigenvalue weighted by molar-refractivity contribution is 5.82. The van der Waals surface area contributed by atoms with E-state index in [9.17, 15) is 4.79 Å². The number of piperazine rings is 1. The molecule has 0 radical (unpaired) electrons. The molecule has 1 saturated heterocycles. The maximum absolute atomic E-state index is 11.4. The second-order valence-electron chi connectivity index (χ2n) is 2.99. The zero-order chi connectivity index (χ0) is 9.52. The first-order valence-corrected chi connectivity index (χ1v) is 4.55. The van der Waals surface area contributed by atoms with Crippen molar-refractivity contribution in [2.45, 2.75) is 6.04 Å². The molecule has 5 heteroatoms. The quantitative estimate of drug-likeness (QED) is 0.460. The summed E-state index contributed by atoms with van der Waals surface area (Å²) in [5.74, 6) is 0.0456. The van der Waals surface area contributed by atoms with Crippen LogP contribution in [0.15, 0.2) is 0 Å². The smallest absolute Gasteiger partial charge is 0.238 e. The van der Waals surface area contributed by atoms with Crippen LogP contribution in [-0.2, 0) is 9.53 Å². The van der Waals surface area contributed by atoms with E-state index in [1.807, 2.05) is 0 Å². The molecule has 1 rings (SSSR count). The largest absolute Gasteiger partial charge is 0.383 e. The fourth-order valence-electron chi connectivity index (χ4n) is 1.24. The maximum atomic E-state index is 11.4. The van der Waals surface area contributed by atoms with Crippen molar-refractivity contribution in [3.8, 4) is 0 Å². The molecule has 0 spiro atoms. The second kappa shape index (κ2) is 5.90. The fourth-order valence-corrected chi connectivity index (χ4v) is 1.24. The SMILES string of the molecule is COCCNC(=O)[C@H]1CNCCN1. The summed E-state index contributed by atoms with van der Waals surface area (Å²) in [5, 5.41) is 9.07. The zero-order valence-electron chi connectivity index (χ0n) is 7.93. The predicted molar refractivity (Wildman–Crippen MR) is 49.5 cm³/mol. The van der Waals surface area contributed by atoms with Crippen LogP contribution in [0.4, 0.5) is 0 Å². The van der Waals surface area contributed by atoms with E-state index in [0.717, 1.165) is 13.1 Å². The van der Waals surface area contributed by atoms with Gasteiger partial charge in [-0.05, 0) is 0 Å². The van der Waals surface area contributed by atoms with Crippen LogP contribution in [0.3, 0.4) is 0 Å². The molecule has 0 saturated carbocycles. The van der Waals surface area contributed by atoms with Gasteiger partial charge >= 0.3 is 0 Å². The Hall–Kier alpha value is -0.650. The summed E-state index contributed by atoms with van der Waals surface area (Å²) in [4.78, 5) is 11.4. The van der Waals surface area contributed by atoms with Crippen LogP contribution in [0.1, 0.15) is 0 Å². The first kappa shape index (κ1) is 10.4. The van der Waals surface area contributed by atoms with Gasteiger partial charge < -0.3 is 20.7 Å². The molecule has 1 aliphatic heterocycles. The Bertz CT molecular complexity index is 157. The molecule has 1 fully saturated rings. The highest BCUT2D eigenvalue weighted by Gasteiger charge is 2.19. The number of nitrogens with one attached hydrogen (secondary N) is 3. The molecule has 1 amide bonds. The number of hydrogen-bond acceptors (Lipinski definition) is 4. The molecule has 1 atom stereocenters. The fraction of sp³-hybridized carbons (Fsp3) is 0.875. The van der Waals surface area contributed by atoms with Crippen molar-refractivity contribution >= 4 is 5.91 Å². The van der Waals surface area contributed by atoms with Crippen molar-refractivity contribution in [2.75, 3.05) is 39.9 Å². The Morgan fingerprint density at radius 3 is 3.08 bits per heavy atom. The van der Waals surface area contributed by atoms with E-state index in [4.69, 9.17) is 4.74 Å². The third-order valence-electron chi connectivity index (χ3n) is 1.96. The minimum absolute atomic E-state index is 0.0456. The molecule has 0 aromatic carbocycles. The minimum Gasteiger partial charge on any atom is -0.383 e. The second-order valence-corrected chi connectivity index (χ2v) is 2.99. The van der Waals surface area contributed by atoms with E-state index in [2.05, 4.69) is 16.0 Å². The lowest BCUT2D eigenvalue weighted by atomic mass is 10.2. The normalized spacial score (nSPS) is 22.7. The molecule has 1 heterocycles. The number of carbonyl (C=O) groups excluding carboxylic acids is 1. The van der Waals surface area contributed by atoms with Gasteiger partial charge in [0, 0.05) is 33.3 Å². The van der Waals surface area contributed by atoms with Gasteiger partial charge in [0.2, 0.25) is 5.91 Å². The van der Waals surface area contributed by atoms with Crippen molar-refractivity contribution in [3.63, 3.8) is 0 Å². The molecular formula is C8H17N3O2. The van der Waals surface area contributed by atoms with Gasteiger partial charge in [0.05, 0.1) is 12.6 Å². The van der Waals surface area contributed by atoms with Gasteiger partial charge in [0.25, 0.3) is 0 Å². The Balaban J connectivity index is 2.13. The van der Waals surface area contributed by atoms with Gasteiger partial charge in [-0.15, -0.1) is 0 Å². The van der Waals surface area contributed by atoms with Gasteiger partial charge in [0.1, 0.15) is 0 Å². The molecule has 13 heavy (non-hydrogen) atoms. The minimum atomic E-state index is -0.0920. The van der Waals surface area contributed by atoms with Crippen LogP contribution in [0.25, 0.3) is 0 Å². The van der Waals surface area contributed by atoms with Gasteiger partial charge in [-0.2, -0.15) is 0 Å². The number of ether oxygens (including phenoxy) is 1. The molecular weight excluding hydrogens is 170 g/mol. The average Bonchev–Trinajstić information content (AvgIpc) is 2.19. The number of hydrogen-bond donors (Lipinski definition) is 3. The lowest BCUT2D eigenvalue weighted by Gasteiger charge is -2.23. The van der Waals surface area contributed by atoms with E-state index in [1.54, 1.807) is 7.11 Å². The van der Waals surface area contributed by atoms with Crippen molar-refractivity contribution in [1.29, 1.82) is 0 Å². The van der Waals surface area contributed by atoms with Crippen LogP contribution >= 0.6 is 0 Å². The van der Waals surface area contributed by atoms with Crippen LogP contribution in [0, 0.1) is 0 Å². The van der Waals surface area contributed by atoms with E-state index < -0.39 is 0 Å². The molecule has 1 aliphatic rings. The first-order valence-electron chi connectivity index (χ1n) is 4.55. The molecule has 0 aromatic heterocycles. The molecule has 5 nitrogen and oxygen atoms in total. The Labute approximate surface area is 78.2 Å². The average molecular weight is 187 g/mol. The lowest BCUT2D eigenvalue weighted by Crippen LogP contribution is -2.56. The Morgan fingerprint density at radius 1 is 1.62 bits per heavy atom. The van der Waals surface area contributed by atoms with Gasteiger partial charge in [-0.3, -0.25) is 4.79 Å². The van der Waals surface area contributed by atoms with Gasteiger partial charge in [-0.1, -0.05) is 0 Å². The summed E-state index contributed by atoms with van der Waals surface area (Å²) in [5.41, 5.74) is 0. The van der Waals surface area contributed by atoms with Crippen molar-refractivity contribution < 1.29 is 9.53 Å². The van der Waals surface area contributed by atoms with E-state index >= 15 is 0 Å².